The Balaban J connectivity index is 1.70. The van der Waals surface area contributed by atoms with Gasteiger partial charge in [0.15, 0.2) is 11.5 Å². The fourth-order valence-electron chi connectivity index (χ4n) is 3.69. The second-order valence-corrected chi connectivity index (χ2v) is 7.54. The number of likely N-dealkylation sites (tertiary alicyclic amines) is 1. The van der Waals surface area contributed by atoms with Gasteiger partial charge >= 0.3 is 0 Å². The lowest BCUT2D eigenvalue weighted by molar-refractivity contribution is 0.249. The van der Waals surface area contributed by atoms with Crippen molar-refractivity contribution in [3.63, 3.8) is 0 Å². The maximum Gasteiger partial charge on any atom is 0.223 e. The summed E-state index contributed by atoms with van der Waals surface area (Å²) >= 11 is 6.18. The average molecular weight is 399 g/mol. The molecule has 0 amide bonds. The van der Waals surface area contributed by atoms with Gasteiger partial charge in [0.2, 0.25) is 5.95 Å². The Labute approximate surface area is 168 Å². The summed E-state index contributed by atoms with van der Waals surface area (Å²) in [4.78, 5) is 11.6. The number of rotatable bonds is 4. The molecule has 0 aliphatic carbocycles. The van der Waals surface area contributed by atoms with Gasteiger partial charge in [-0.3, -0.25) is 5.01 Å². The fraction of sp³-hybridized carbons (Fsp3) is 0.368. The van der Waals surface area contributed by atoms with Gasteiger partial charge in [0.25, 0.3) is 0 Å². The van der Waals surface area contributed by atoms with E-state index in [-0.39, 0.29) is 5.92 Å². The van der Waals surface area contributed by atoms with Gasteiger partial charge in [-0.15, -0.1) is 5.10 Å². The van der Waals surface area contributed by atoms with Crippen molar-refractivity contribution in [3.8, 4) is 0 Å². The van der Waals surface area contributed by atoms with Crippen LogP contribution in [0.15, 0.2) is 35.2 Å². The molecule has 1 aliphatic heterocycles. The van der Waals surface area contributed by atoms with Crippen LogP contribution in [-0.4, -0.2) is 56.3 Å². The Bertz CT molecular complexity index is 1070. The van der Waals surface area contributed by atoms with Crippen LogP contribution in [0.25, 0.3) is 16.6 Å². The van der Waals surface area contributed by atoms with E-state index >= 15 is 0 Å². The number of nitrogens with two attached hydrogens (primary N) is 1. The van der Waals surface area contributed by atoms with Crippen LogP contribution in [-0.2, 0) is 0 Å². The van der Waals surface area contributed by atoms with Crippen molar-refractivity contribution in [2.24, 2.45) is 5.10 Å². The Hall–Kier alpha value is -2.87. The second-order valence-electron chi connectivity index (χ2n) is 7.11. The molecule has 1 saturated heterocycles. The first-order chi connectivity index (χ1) is 13.5. The number of anilines is 1. The van der Waals surface area contributed by atoms with Crippen molar-refractivity contribution in [1.29, 1.82) is 0 Å². The van der Waals surface area contributed by atoms with Gasteiger partial charge in [-0.05, 0) is 38.0 Å². The van der Waals surface area contributed by atoms with E-state index in [0.717, 1.165) is 48.4 Å². The Morgan fingerprint density at radius 1 is 1.43 bits per heavy atom. The number of halogens is 1. The molecule has 28 heavy (non-hydrogen) atoms. The molecule has 9 heteroatoms. The van der Waals surface area contributed by atoms with Crippen molar-refractivity contribution in [3.05, 3.63) is 40.9 Å². The van der Waals surface area contributed by atoms with E-state index in [1.807, 2.05) is 25.4 Å². The third-order valence-electron chi connectivity index (χ3n) is 5.16. The van der Waals surface area contributed by atoms with Crippen LogP contribution in [0.3, 0.4) is 0 Å². The van der Waals surface area contributed by atoms with Gasteiger partial charge in [-0.25, -0.2) is 9.97 Å². The summed E-state index contributed by atoms with van der Waals surface area (Å²) in [6, 6.07) is 5.51. The van der Waals surface area contributed by atoms with Gasteiger partial charge in [-0.2, -0.15) is 9.62 Å². The van der Waals surface area contributed by atoms with E-state index < -0.39 is 0 Å². The number of piperidine rings is 1. The summed E-state index contributed by atoms with van der Waals surface area (Å²) in [5.74, 6) is 1.33. The summed E-state index contributed by atoms with van der Waals surface area (Å²) in [6.07, 6.45) is 4.07. The van der Waals surface area contributed by atoms with Crippen molar-refractivity contribution in [1.82, 2.24) is 29.5 Å². The van der Waals surface area contributed by atoms with Gasteiger partial charge < -0.3 is 10.6 Å². The van der Waals surface area contributed by atoms with E-state index in [4.69, 9.17) is 22.3 Å². The van der Waals surface area contributed by atoms with Gasteiger partial charge in [0.05, 0.1) is 5.52 Å². The number of hydrogen-bond donors (Lipinski definition) is 1. The van der Waals surface area contributed by atoms with Crippen LogP contribution in [0.2, 0.25) is 5.02 Å². The summed E-state index contributed by atoms with van der Waals surface area (Å²) in [5.41, 5.74) is 8.72. The van der Waals surface area contributed by atoms with Gasteiger partial charge in [0, 0.05) is 55.1 Å². The SMILES string of the molecule is C=NN(C)/C=C(\C)N1CCCC(c2nc3c4cc(Cl)ccc4nc(N)n3n2)C1. The molecule has 0 radical (unpaired) electrons. The number of allylic oxidation sites excluding steroid dienone is 1. The predicted molar refractivity (Wildman–Crippen MR) is 112 cm³/mol. The van der Waals surface area contributed by atoms with Crippen molar-refractivity contribution >= 4 is 40.8 Å². The molecule has 4 rings (SSSR count). The van der Waals surface area contributed by atoms with E-state index in [1.54, 1.807) is 15.6 Å². The van der Waals surface area contributed by atoms with Crippen LogP contribution in [0.1, 0.15) is 31.5 Å². The van der Waals surface area contributed by atoms with Crippen molar-refractivity contribution in [2.75, 3.05) is 25.9 Å². The van der Waals surface area contributed by atoms with Crippen LogP contribution in [0.5, 0.6) is 0 Å². The number of nitrogen functional groups attached to an aromatic ring is 1. The van der Waals surface area contributed by atoms with E-state index in [1.165, 1.54) is 0 Å². The minimum absolute atomic E-state index is 0.215. The van der Waals surface area contributed by atoms with Crippen molar-refractivity contribution < 1.29 is 0 Å². The second kappa shape index (κ2) is 7.27. The minimum atomic E-state index is 0.215. The largest absolute Gasteiger partial charge is 0.373 e. The summed E-state index contributed by atoms with van der Waals surface area (Å²) in [7, 11) is 1.87. The summed E-state index contributed by atoms with van der Waals surface area (Å²) in [5, 5.41) is 11.8. The van der Waals surface area contributed by atoms with E-state index in [9.17, 15) is 0 Å². The monoisotopic (exact) mass is 398 g/mol. The molecule has 2 aromatic heterocycles. The number of aromatic nitrogens is 4. The Morgan fingerprint density at radius 3 is 3.04 bits per heavy atom. The maximum atomic E-state index is 6.18. The normalized spacial score (nSPS) is 18.0. The molecule has 2 N–H and O–H groups in total. The minimum Gasteiger partial charge on any atom is -0.373 e. The number of fused-ring (bicyclic) bond motifs is 3. The molecular weight excluding hydrogens is 376 g/mol. The number of hydrazone groups is 1. The number of benzene rings is 1. The van der Waals surface area contributed by atoms with Gasteiger partial charge in [0.1, 0.15) is 0 Å². The zero-order valence-electron chi connectivity index (χ0n) is 16.0. The first-order valence-corrected chi connectivity index (χ1v) is 9.58. The molecule has 3 heterocycles. The zero-order chi connectivity index (χ0) is 19.8. The molecule has 0 bridgehead atoms. The quantitative estimate of drug-likeness (QED) is 0.536. The highest BCUT2D eigenvalue weighted by molar-refractivity contribution is 6.31. The third kappa shape index (κ3) is 3.35. The van der Waals surface area contributed by atoms with E-state index in [2.05, 4.69) is 33.7 Å². The maximum absolute atomic E-state index is 6.18. The first kappa shape index (κ1) is 18.5. The smallest absolute Gasteiger partial charge is 0.223 e. The zero-order valence-corrected chi connectivity index (χ0v) is 16.8. The molecule has 1 fully saturated rings. The lowest BCUT2D eigenvalue weighted by Crippen LogP contribution is -2.34. The first-order valence-electron chi connectivity index (χ1n) is 9.20. The molecule has 1 aliphatic rings. The summed E-state index contributed by atoms with van der Waals surface area (Å²) in [6.45, 7) is 7.47. The molecule has 3 aromatic rings. The molecule has 1 aromatic carbocycles. The Morgan fingerprint density at radius 2 is 2.25 bits per heavy atom. The molecular formula is C19H23ClN8. The summed E-state index contributed by atoms with van der Waals surface area (Å²) < 4.78 is 1.62. The fourth-order valence-corrected chi connectivity index (χ4v) is 3.86. The average Bonchev–Trinajstić information content (AvgIpc) is 3.15. The molecule has 1 atom stereocenters. The van der Waals surface area contributed by atoms with Crippen LogP contribution in [0.4, 0.5) is 5.95 Å². The highest BCUT2D eigenvalue weighted by atomic mass is 35.5. The third-order valence-corrected chi connectivity index (χ3v) is 5.39. The lowest BCUT2D eigenvalue weighted by atomic mass is 9.97. The standard InChI is InChI=1S/C19H23ClN8/c1-12(10-26(3)22-2)27-8-4-5-13(11-27)17-24-18-15-9-14(20)6-7-16(15)23-19(21)28(18)25-17/h6-7,9-10,13H,2,4-5,8,11H2,1,3H3,(H2,21,23)/b12-10+. The van der Waals surface area contributed by atoms with Crippen LogP contribution in [0, 0.1) is 0 Å². The topological polar surface area (TPSA) is 87.9 Å². The highest BCUT2D eigenvalue weighted by Crippen LogP contribution is 2.29. The van der Waals surface area contributed by atoms with E-state index in [0.29, 0.717) is 16.6 Å². The number of nitrogens with zero attached hydrogens (tertiary/aromatic N) is 7. The highest BCUT2D eigenvalue weighted by Gasteiger charge is 2.26. The molecule has 8 nitrogen and oxygen atoms in total. The lowest BCUT2D eigenvalue weighted by Gasteiger charge is -2.34. The Kier molecular flexibility index (Phi) is 4.80. The van der Waals surface area contributed by atoms with Crippen LogP contribution >= 0.6 is 11.6 Å². The molecule has 0 saturated carbocycles. The van der Waals surface area contributed by atoms with Gasteiger partial charge in [-0.1, -0.05) is 11.6 Å². The molecule has 0 spiro atoms. The molecule has 146 valence electrons. The number of hydrogen-bond acceptors (Lipinski definition) is 7. The predicted octanol–water partition coefficient (Wildman–Crippen LogP) is 3.10. The van der Waals surface area contributed by atoms with Crippen molar-refractivity contribution in [2.45, 2.75) is 25.7 Å². The molecule has 1 unspecified atom stereocenters. The van der Waals surface area contributed by atoms with Crippen LogP contribution < -0.4 is 5.73 Å².